The molecular weight excluding hydrogens is 416 g/mol. The van der Waals surface area contributed by atoms with Gasteiger partial charge in [-0.2, -0.15) is 4.98 Å². The van der Waals surface area contributed by atoms with E-state index in [2.05, 4.69) is 20.3 Å². The number of aromatic amines is 1. The molecule has 0 radical (unpaired) electrons. The minimum absolute atomic E-state index is 0.0638. The average molecular weight is 441 g/mol. The number of anilines is 1. The number of pyridine rings is 1. The van der Waals surface area contributed by atoms with Crippen molar-refractivity contribution >= 4 is 52.3 Å². The molecule has 8 nitrogen and oxygen atoms in total. The smallest absolute Gasteiger partial charge is 0.348 e. The lowest BCUT2D eigenvalue weighted by atomic mass is 9.96. The number of hydrogen-bond acceptors (Lipinski definition) is 7. The summed E-state index contributed by atoms with van der Waals surface area (Å²) < 4.78 is 5.04. The van der Waals surface area contributed by atoms with Crippen LogP contribution in [0.5, 0.6) is 0 Å². The van der Waals surface area contributed by atoms with Crippen molar-refractivity contribution in [3.8, 4) is 0 Å². The summed E-state index contributed by atoms with van der Waals surface area (Å²) in [6.07, 6.45) is 5.27. The second-order valence-electron chi connectivity index (χ2n) is 7.97. The highest BCUT2D eigenvalue weighted by atomic mass is 32.1. The summed E-state index contributed by atoms with van der Waals surface area (Å²) in [7, 11) is 0. The molecule has 0 saturated carbocycles. The minimum atomic E-state index is -0.622. The molecule has 3 aromatic rings. The second kappa shape index (κ2) is 8.81. The molecule has 0 aliphatic heterocycles. The summed E-state index contributed by atoms with van der Waals surface area (Å²) in [6.45, 7) is 9.31. The lowest BCUT2D eigenvalue weighted by molar-refractivity contribution is -0.123. The van der Waals surface area contributed by atoms with Crippen LogP contribution in [-0.2, 0) is 9.53 Å². The number of thiophene rings is 1. The number of fused-ring (bicyclic) bond motifs is 1. The van der Waals surface area contributed by atoms with E-state index in [0.29, 0.717) is 22.4 Å². The fourth-order valence-corrected chi connectivity index (χ4v) is 3.59. The van der Waals surface area contributed by atoms with Crippen LogP contribution < -0.4 is 10.9 Å². The maximum Gasteiger partial charge on any atom is 0.348 e. The molecule has 0 spiro atoms. The Morgan fingerprint density at radius 3 is 2.68 bits per heavy atom. The molecule has 2 N–H and O–H groups in total. The molecule has 0 fully saturated rings. The number of amides is 1. The van der Waals surface area contributed by atoms with Crippen LogP contribution in [0.25, 0.3) is 23.2 Å². The van der Waals surface area contributed by atoms with Crippen molar-refractivity contribution in [1.82, 2.24) is 15.0 Å². The van der Waals surface area contributed by atoms with E-state index in [9.17, 15) is 14.4 Å². The fraction of sp³-hybridized carbons (Fsp3) is 0.318. The molecule has 162 valence electrons. The van der Waals surface area contributed by atoms with Crippen molar-refractivity contribution in [2.75, 3.05) is 11.9 Å². The van der Waals surface area contributed by atoms with Gasteiger partial charge in [0.2, 0.25) is 11.9 Å². The predicted molar refractivity (Wildman–Crippen MR) is 122 cm³/mol. The number of nitrogens with zero attached hydrogens (tertiary/aromatic N) is 2. The highest BCUT2D eigenvalue weighted by Gasteiger charge is 2.22. The van der Waals surface area contributed by atoms with Gasteiger partial charge >= 0.3 is 5.97 Å². The molecular formula is C22H24N4O4S. The number of rotatable bonds is 5. The van der Waals surface area contributed by atoms with E-state index in [-0.39, 0.29) is 23.5 Å². The third kappa shape index (κ3) is 5.24. The third-order valence-corrected chi connectivity index (χ3v) is 5.54. The van der Waals surface area contributed by atoms with Crippen LogP contribution in [-0.4, -0.2) is 33.4 Å². The molecule has 1 amide bonds. The summed E-state index contributed by atoms with van der Waals surface area (Å²) in [4.78, 5) is 49.0. The van der Waals surface area contributed by atoms with Gasteiger partial charge in [-0.1, -0.05) is 26.8 Å². The number of aromatic nitrogens is 3. The van der Waals surface area contributed by atoms with Gasteiger partial charge in [0, 0.05) is 16.5 Å². The molecule has 3 rings (SSSR count). The number of H-pyrrole nitrogens is 1. The molecule has 0 aromatic carbocycles. The van der Waals surface area contributed by atoms with Gasteiger partial charge in [0.25, 0.3) is 5.56 Å². The van der Waals surface area contributed by atoms with Crippen molar-refractivity contribution in [2.24, 2.45) is 5.41 Å². The number of carbonyl (C=O) groups excluding carboxylic acids is 2. The van der Waals surface area contributed by atoms with Crippen LogP contribution in [0.3, 0.4) is 0 Å². The predicted octanol–water partition coefficient (Wildman–Crippen LogP) is 4.02. The Hall–Kier alpha value is -3.33. The molecule has 31 heavy (non-hydrogen) atoms. The van der Waals surface area contributed by atoms with E-state index in [4.69, 9.17) is 4.74 Å². The first-order valence-electron chi connectivity index (χ1n) is 9.75. The van der Waals surface area contributed by atoms with Gasteiger partial charge in [-0.15, -0.1) is 11.3 Å². The van der Waals surface area contributed by atoms with Crippen LogP contribution in [0.15, 0.2) is 23.1 Å². The van der Waals surface area contributed by atoms with Gasteiger partial charge in [0.15, 0.2) is 5.65 Å². The first kappa shape index (κ1) is 22.4. The molecule has 9 heteroatoms. The lowest BCUT2D eigenvalue weighted by Crippen LogP contribution is -2.29. The fourth-order valence-electron chi connectivity index (χ4n) is 2.62. The summed E-state index contributed by atoms with van der Waals surface area (Å²) in [6, 6.07) is 3.47. The van der Waals surface area contributed by atoms with E-state index in [1.807, 2.05) is 19.1 Å². The van der Waals surface area contributed by atoms with E-state index in [1.165, 1.54) is 11.3 Å². The largest absolute Gasteiger partial charge is 0.462 e. The van der Waals surface area contributed by atoms with E-state index < -0.39 is 11.0 Å². The van der Waals surface area contributed by atoms with Crippen molar-refractivity contribution < 1.29 is 14.3 Å². The number of hydrogen-bond donors (Lipinski definition) is 2. The van der Waals surface area contributed by atoms with E-state index in [1.54, 1.807) is 46.0 Å². The van der Waals surface area contributed by atoms with E-state index >= 15 is 0 Å². The number of aryl methyl sites for hydroxylation is 1. The van der Waals surface area contributed by atoms with Crippen LogP contribution in [0.1, 0.15) is 53.4 Å². The minimum Gasteiger partial charge on any atom is -0.462 e. The zero-order valence-corrected chi connectivity index (χ0v) is 18.8. The molecule has 0 atom stereocenters. The zero-order valence-electron chi connectivity index (χ0n) is 18.0. The Morgan fingerprint density at radius 1 is 1.26 bits per heavy atom. The van der Waals surface area contributed by atoms with Gasteiger partial charge in [0.05, 0.1) is 12.0 Å². The zero-order chi connectivity index (χ0) is 22.8. The Morgan fingerprint density at radius 2 is 2.00 bits per heavy atom. The van der Waals surface area contributed by atoms with Crippen molar-refractivity contribution in [1.29, 1.82) is 0 Å². The Balaban J connectivity index is 1.86. The molecule has 3 aromatic heterocycles. The lowest BCUT2D eigenvalue weighted by Gasteiger charge is -2.16. The van der Waals surface area contributed by atoms with Crippen LogP contribution in [0.2, 0.25) is 0 Å². The summed E-state index contributed by atoms with van der Waals surface area (Å²) >= 11 is 1.34. The third-order valence-electron chi connectivity index (χ3n) is 4.36. The van der Waals surface area contributed by atoms with Crippen molar-refractivity contribution in [3.63, 3.8) is 0 Å². The molecule has 0 aliphatic carbocycles. The molecule has 3 heterocycles. The maximum atomic E-state index is 12.5. The van der Waals surface area contributed by atoms with Crippen molar-refractivity contribution in [3.05, 3.63) is 49.6 Å². The summed E-state index contributed by atoms with van der Waals surface area (Å²) in [5.74, 6) is -0.536. The average Bonchev–Trinajstić information content (AvgIpc) is 3.07. The van der Waals surface area contributed by atoms with Gasteiger partial charge in [-0.05, 0) is 43.2 Å². The topological polar surface area (TPSA) is 114 Å². The molecule has 0 bridgehead atoms. The number of carbonyl (C=O) groups is 2. The van der Waals surface area contributed by atoms with Crippen LogP contribution in [0, 0.1) is 12.3 Å². The maximum absolute atomic E-state index is 12.5. The summed E-state index contributed by atoms with van der Waals surface area (Å²) in [5.41, 5.74) is 0.882. The Bertz CT molecular complexity index is 1230. The van der Waals surface area contributed by atoms with Gasteiger partial charge < -0.3 is 4.74 Å². The molecule has 0 aliphatic rings. The SMILES string of the molecule is CCOC(=O)c1cc(C)c(/C=C/c2cnc3nc(NC(=O)C(C)(C)C)[nH]c(=O)c3c2)s1. The Kier molecular flexibility index (Phi) is 6.35. The Labute approximate surface area is 183 Å². The van der Waals surface area contributed by atoms with Crippen molar-refractivity contribution in [2.45, 2.75) is 34.6 Å². The quantitative estimate of drug-likeness (QED) is 0.579. The molecule has 0 saturated heterocycles. The highest BCUT2D eigenvalue weighted by Crippen LogP contribution is 2.25. The highest BCUT2D eigenvalue weighted by molar-refractivity contribution is 7.15. The normalized spacial score (nSPS) is 11.8. The standard InChI is InChI=1S/C22H24N4O4S/c1-6-30-19(28)16-9-12(2)15(31-16)8-7-13-10-14-17(23-11-13)24-21(25-18(14)27)26-20(29)22(3,4)5/h7-11H,6H2,1-5H3,(H2,23,24,25,26,27,29)/b8-7+. The monoisotopic (exact) mass is 440 g/mol. The first-order valence-corrected chi connectivity index (χ1v) is 10.6. The van der Waals surface area contributed by atoms with E-state index in [0.717, 1.165) is 10.4 Å². The first-order chi connectivity index (χ1) is 14.6. The van der Waals surface area contributed by atoms with Gasteiger partial charge in [-0.3, -0.25) is 19.9 Å². The second-order valence-corrected chi connectivity index (χ2v) is 9.05. The number of nitrogens with one attached hydrogen (secondary N) is 2. The van der Waals surface area contributed by atoms with Crippen LogP contribution >= 0.6 is 11.3 Å². The number of esters is 1. The van der Waals surface area contributed by atoms with Gasteiger partial charge in [0.1, 0.15) is 4.88 Å². The summed E-state index contributed by atoms with van der Waals surface area (Å²) in [5, 5.41) is 2.92. The number of ether oxygens (including phenoxy) is 1. The van der Waals surface area contributed by atoms with Crippen LogP contribution in [0.4, 0.5) is 5.95 Å². The molecule has 0 unspecified atom stereocenters. The van der Waals surface area contributed by atoms with Gasteiger partial charge in [-0.25, -0.2) is 9.78 Å².